The number of likely N-dealkylation sites (N-methyl/N-ethyl adjacent to an activating group) is 1. The molecule has 0 aromatic carbocycles. The fourth-order valence-electron chi connectivity index (χ4n) is 2.12. The van der Waals surface area contributed by atoms with E-state index in [2.05, 4.69) is 4.98 Å². The van der Waals surface area contributed by atoms with Crippen molar-refractivity contribution in [3.63, 3.8) is 0 Å². The van der Waals surface area contributed by atoms with Gasteiger partial charge in [0.1, 0.15) is 4.88 Å². The Bertz CT molecular complexity index is 516. The number of aromatic carboxylic acids is 1. The van der Waals surface area contributed by atoms with Crippen molar-refractivity contribution in [3.05, 3.63) is 10.6 Å². The first kappa shape index (κ1) is 15.0. The number of anilines is 1. The molecule has 2 heterocycles. The Morgan fingerprint density at radius 1 is 1.50 bits per heavy atom. The van der Waals surface area contributed by atoms with Crippen LogP contribution in [0, 0.1) is 0 Å². The van der Waals surface area contributed by atoms with Crippen LogP contribution in [0.5, 0.6) is 0 Å². The molecular formula is C11H14F3N3O2S. The molecule has 2 rings (SSSR count). The van der Waals surface area contributed by atoms with Crippen molar-refractivity contribution in [1.82, 2.24) is 9.88 Å². The van der Waals surface area contributed by atoms with Crippen molar-refractivity contribution in [2.45, 2.75) is 18.6 Å². The summed E-state index contributed by atoms with van der Waals surface area (Å²) in [5, 5.41) is 8.99. The van der Waals surface area contributed by atoms with Crippen LogP contribution in [0.2, 0.25) is 0 Å². The van der Waals surface area contributed by atoms with Crippen molar-refractivity contribution < 1.29 is 23.1 Å². The molecule has 5 nitrogen and oxygen atoms in total. The van der Waals surface area contributed by atoms with Gasteiger partial charge in [0.05, 0.1) is 0 Å². The summed E-state index contributed by atoms with van der Waals surface area (Å²) in [7, 11) is 3.81. The minimum absolute atomic E-state index is 0.124. The van der Waals surface area contributed by atoms with E-state index in [-0.39, 0.29) is 11.2 Å². The molecule has 1 aliphatic heterocycles. The number of halogens is 3. The van der Waals surface area contributed by atoms with Gasteiger partial charge < -0.3 is 14.9 Å². The first-order valence-corrected chi connectivity index (χ1v) is 6.74. The molecule has 0 spiro atoms. The minimum atomic E-state index is -4.75. The molecule has 112 valence electrons. The van der Waals surface area contributed by atoms with E-state index in [1.54, 1.807) is 4.90 Å². The molecule has 1 saturated heterocycles. The summed E-state index contributed by atoms with van der Waals surface area (Å²) in [6.45, 7) is 1.13. The first-order chi connectivity index (χ1) is 9.20. The lowest BCUT2D eigenvalue weighted by Gasteiger charge is -2.19. The van der Waals surface area contributed by atoms with Gasteiger partial charge in [-0.05, 0) is 20.5 Å². The number of hydrogen-bond acceptors (Lipinski definition) is 5. The largest absolute Gasteiger partial charge is 0.477 e. The van der Waals surface area contributed by atoms with E-state index in [1.807, 2.05) is 19.0 Å². The zero-order chi connectivity index (χ0) is 15.1. The lowest BCUT2D eigenvalue weighted by atomic mass is 10.2. The van der Waals surface area contributed by atoms with E-state index >= 15 is 0 Å². The number of nitrogens with zero attached hydrogens (tertiary/aromatic N) is 3. The number of alkyl halides is 3. The normalized spacial score (nSPS) is 19.9. The number of rotatable bonds is 3. The molecule has 9 heteroatoms. The van der Waals surface area contributed by atoms with Crippen LogP contribution in [0.15, 0.2) is 0 Å². The second kappa shape index (κ2) is 5.21. The maximum Gasteiger partial charge on any atom is 0.435 e. The lowest BCUT2D eigenvalue weighted by Crippen LogP contribution is -2.31. The predicted octanol–water partition coefficient (Wildman–Crippen LogP) is 2.00. The molecule has 0 amide bonds. The Hall–Kier alpha value is -1.35. The molecule has 20 heavy (non-hydrogen) atoms. The van der Waals surface area contributed by atoms with E-state index < -0.39 is 22.7 Å². The predicted molar refractivity (Wildman–Crippen MR) is 68.4 cm³/mol. The van der Waals surface area contributed by atoms with Crippen LogP contribution in [-0.2, 0) is 6.18 Å². The van der Waals surface area contributed by atoms with Gasteiger partial charge in [-0.2, -0.15) is 13.2 Å². The molecule has 0 radical (unpaired) electrons. The SMILES string of the molecule is CN(C)[C@@H]1CCN(c2nc(C(F)(F)F)c(C(=O)O)s2)C1. The highest BCUT2D eigenvalue weighted by Crippen LogP contribution is 2.38. The highest BCUT2D eigenvalue weighted by atomic mass is 32.1. The van der Waals surface area contributed by atoms with Crippen molar-refractivity contribution in [3.8, 4) is 0 Å². The molecule has 1 aromatic heterocycles. The fourth-order valence-corrected chi connectivity index (χ4v) is 3.08. The summed E-state index contributed by atoms with van der Waals surface area (Å²) < 4.78 is 38.3. The molecular weight excluding hydrogens is 295 g/mol. The van der Waals surface area contributed by atoms with E-state index in [1.165, 1.54) is 0 Å². The van der Waals surface area contributed by atoms with Gasteiger partial charge in [-0.3, -0.25) is 0 Å². The Balaban J connectivity index is 2.29. The maximum atomic E-state index is 12.8. The Morgan fingerprint density at radius 2 is 2.15 bits per heavy atom. The standard InChI is InChI=1S/C11H14F3N3O2S/c1-16(2)6-3-4-17(5-6)10-15-8(11(12,13)14)7(20-10)9(18)19/h6H,3-5H2,1-2H3,(H,18,19)/t6-/m1/s1. The third-order valence-electron chi connectivity index (χ3n) is 3.24. The number of hydrogen-bond donors (Lipinski definition) is 1. The van der Waals surface area contributed by atoms with E-state index in [0.29, 0.717) is 24.4 Å². The van der Waals surface area contributed by atoms with Gasteiger partial charge in [0.25, 0.3) is 0 Å². The first-order valence-electron chi connectivity index (χ1n) is 5.93. The van der Waals surface area contributed by atoms with E-state index in [4.69, 9.17) is 5.11 Å². The van der Waals surface area contributed by atoms with Gasteiger partial charge >= 0.3 is 12.1 Å². The third-order valence-corrected chi connectivity index (χ3v) is 4.35. The Labute approximate surface area is 117 Å². The highest BCUT2D eigenvalue weighted by Gasteiger charge is 2.41. The molecule has 0 aliphatic carbocycles. The second-order valence-electron chi connectivity index (χ2n) is 4.83. The van der Waals surface area contributed by atoms with Crippen LogP contribution < -0.4 is 4.90 Å². The third kappa shape index (κ3) is 2.88. The van der Waals surface area contributed by atoms with Crippen molar-refractivity contribution in [1.29, 1.82) is 0 Å². The van der Waals surface area contributed by atoms with Gasteiger partial charge in [-0.25, -0.2) is 9.78 Å². The quantitative estimate of drug-likeness (QED) is 0.925. The number of carboxylic acids is 1. The van der Waals surface area contributed by atoms with Gasteiger partial charge in [0, 0.05) is 19.1 Å². The van der Waals surface area contributed by atoms with Crippen molar-refractivity contribution in [2.24, 2.45) is 0 Å². The molecule has 0 unspecified atom stereocenters. The van der Waals surface area contributed by atoms with E-state index in [9.17, 15) is 18.0 Å². The minimum Gasteiger partial charge on any atom is -0.477 e. The van der Waals surface area contributed by atoms with Crippen LogP contribution in [0.4, 0.5) is 18.3 Å². The number of aromatic nitrogens is 1. The van der Waals surface area contributed by atoms with Crippen LogP contribution in [0.1, 0.15) is 21.8 Å². The van der Waals surface area contributed by atoms with Crippen LogP contribution >= 0.6 is 11.3 Å². The molecule has 0 bridgehead atoms. The Morgan fingerprint density at radius 3 is 2.55 bits per heavy atom. The van der Waals surface area contributed by atoms with Crippen molar-refractivity contribution in [2.75, 3.05) is 32.1 Å². The Kier molecular flexibility index (Phi) is 3.92. The van der Waals surface area contributed by atoms with Crippen LogP contribution in [0.25, 0.3) is 0 Å². The summed E-state index contributed by atoms with van der Waals surface area (Å²) in [5.74, 6) is -1.59. The summed E-state index contributed by atoms with van der Waals surface area (Å²) in [6.07, 6.45) is -3.93. The summed E-state index contributed by atoms with van der Waals surface area (Å²) >= 11 is 0.582. The number of carbonyl (C=O) groups is 1. The van der Waals surface area contributed by atoms with Gasteiger partial charge in [-0.15, -0.1) is 0 Å². The van der Waals surface area contributed by atoms with E-state index in [0.717, 1.165) is 6.42 Å². The molecule has 0 saturated carbocycles. The lowest BCUT2D eigenvalue weighted by molar-refractivity contribution is -0.141. The summed E-state index contributed by atoms with van der Waals surface area (Å²) in [6, 6.07) is 0.238. The van der Waals surface area contributed by atoms with Gasteiger partial charge in [0.2, 0.25) is 0 Å². The maximum absolute atomic E-state index is 12.8. The summed E-state index contributed by atoms with van der Waals surface area (Å²) in [5.41, 5.74) is -1.31. The van der Waals surface area contributed by atoms with Crippen molar-refractivity contribution >= 4 is 22.4 Å². The van der Waals surface area contributed by atoms with Gasteiger partial charge in [-0.1, -0.05) is 11.3 Å². The number of thiazole rings is 1. The average Bonchev–Trinajstić information content (AvgIpc) is 2.94. The zero-order valence-electron chi connectivity index (χ0n) is 10.9. The molecule has 1 atom stereocenters. The molecule has 1 N–H and O–H groups in total. The highest BCUT2D eigenvalue weighted by molar-refractivity contribution is 7.17. The molecule has 1 fully saturated rings. The average molecular weight is 309 g/mol. The van der Waals surface area contributed by atoms with Crippen LogP contribution in [0.3, 0.4) is 0 Å². The monoisotopic (exact) mass is 309 g/mol. The molecule has 1 aliphatic rings. The topological polar surface area (TPSA) is 56.7 Å². The number of carboxylic acid groups (broad SMARTS) is 1. The fraction of sp³-hybridized carbons (Fsp3) is 0.636. The zero-order valence-corrected chi connectivity index (χ0v) is 11.8. The second-order valence-corrected chi connectivity index (χ2v) is 5.81. The van der Waals surface area contributed by atoms with Crippen LogP contribution in [-0.4, -0.2) is 54.2 Å². The molecule has 1 aromatic rings. The smallest absolute Gasteiger partial charge is 0.435 e. The van der Waals surface area contributed by atoms with Gasteiger partial charge in [0.15, 0.2) is 10.8 Å². The summed E-state index contributed by atoms with van der Waals surface area (Å²) in [4.78, 5) is 17.4.